The van der Waals surface area contributed by atoms with Gasteiger partial charge in [0.1, 0.15) is 0 Å². The first-order chi connectivity index (χ1) is 5.10. The average molecular weight is 175 g/mol. The number of esters is 1. The van der Waals surface area contributed by atoms with Gasteiger partial charge in [-0.3, -0.25) is 4.79 Å². The van der Waals surface area contributed by atoms with Crippen LogP contribution in [0.15, 0.2) is 5.11 Å². The summed E-state index contributed by atoms with van der Waals surface area (Å²) in [5, 5.41) is 3.22. The number of hydrogen-bond acceptors (Lipinski definition) is 4. The van der Waals surface area contributed by atoms with Crippen LogP contribution in [-0.4, -0.2) is 18.0 Å². The summed E-state index contributed by atoms with van der Waals surface area (Å²) < 4.78 is 4.38. The molecule has 5 nitrogen and oxygen atoms in total. The summed E-state index contributed by atoms with van der Waals surface area (Å²) in [5.41, 5.74) is 8.08. The molecule has 62 valence electrons. The maximum Gasteiger partial charge on any atom is 0.327 e. The van der Waals surface area contributed by atoms with E-state index in [2.05, 4.69) is 27.4 Å². The van der Waals surface area contributed by atoms with Crippen LogP contribution in [0.5, 0.6) is 0 Å². The zero-order chi connectivity index (χ0) is 8.91. The monoisotopic (exact) mass is 175 g/mol. The maximum absolute atomic E-state index is 10.9. The second-order valence-electron chi connectivity index (χ2n) is 1.85. The number of nitrogens with zero attached hydrogens (tertiary/aromatic N) is 3. The molecule has 0 saturated carbocycles. The standard InChI is InChI=1S/C5H9N3O2S/c1-3-5(11,7-8-6)4(9)10-2/h11H,3H2,1-2H3. The molecule has 0 spiro atoms. The van der Waals surface area contributed by atoms with Crippen molar-refractivity contribution in [3.8, 4) is 0 Å². The van der Waals surface area contributed by atoms with Gasteiger partial charge >= 0.3 is 5.97 Å². The van der Waals surface area contributed by atoms with Crippen molar-refractivity contribution in [3.63, 3.8) is 0 Å². The Morgan fingerprint density at radius 1 is 1.91 bits per heavy atom. The van der Waals surface area contributed by atoms with Crippen molar-refractivity contribution in [2.45, 2.75) is 18.2 Å². The fraction of sp³-hybridized carbons (Fsp3) is 0.800. The van der Waals surface area contributed by atoms with Crippen molar-refractivity contribution < 1.29 is 9.53 Å². The van der Waals surface area contributed by atoms with E-state index in [1.54, 1.807) is 6.92 Å². The number of thiol groups is 1. The summed E-state index contributed by atoms with van der Waals surface area (Å²) in [6.45, 7) is 1.68. The van der Waals surface area contributed by atoms with E-state index in [1.165, 1.54) is 7.11 Å². The van der Waals surface area contributed by atoms with E-state index in [4.69, 9.17) is 5.53 Å². The SMILES string of the molecule is CCC(S)(N=[N+]=[N-])C(=O)OC. The van der Waals surface area contributed by atoms with Crippen molar-refractivity contribution in [1.82, 2.24) is 0 Å². The van der Waals surface area contributed by atoms with Crippen molar-refractivity contribution in [3.05, 3.63) is 10.4 Å². The molecule has 6 heteroatoms. The Labute approximate surface area is 69.8 Å². The third kappa shape index (κ3) is 2.32. The van der Waals surface area contributed by atoms with Gasteiger partial charge in [-0.15, -0.1) is 0 Å². The fourth-order valence-corrected chi connectivity index (χ4v) is 0.625. The van der Waals surface area contributed by atoms with Gasteiger partial charge in [0.05, 0.1) is 7.11 Å². The number of rotatable bonds is 3. The Morgan fingerprint density at radius 3 is 2.73 bits per heavy atom. The van der Waals surface area contributed by atoms with E-state index in [0.29, 0.717) is 6.42 Å². The molecule has 0 rings (SSSR count). The minimum Gasteiger partial charge on any atom is -0.468 e. The van der Waals surface area contributed by atoms with Crippen molar-refractivity contribution in [2.24, 2.45) is 5.11 Å². The topological polar surface area (TPSA) is 75.1 Å². The average Bonchev–Trinajstić information content (AvgIpc) is 2.03. The Hall–Kier alpha value is -0.870. The van der Waals surface area contributed by atoms with Gasteiger partial charge in [0, 0.05) is 4.91 Å². The Bertz CT molecular complexity index is 202. The van der Waals surface area contributed by atoms with E-state index in [0.717, 1.165) is 0 Å². The maximum atomic E-state index is 10.9. The molecule has 0 radical (unpaired) electrons. The zero-order valence-electron chi connectivity index (χ0n) is 6.31. The first kappa shape index (κ1) is 10.1. The Kier molecular flexibility index (Phi) is 3.78. The first-order valence-electron chi connectivity index (χ1n) is 2.97. The third-order valence-electron chi connectivity index (χ3n) is 1.22. The predicted octanol–water partition coefficient (Wildman–Crippen LogP) is 1.51. The highest BCUT2D eigenvalue weighted by Crippen LogP contribution is 2.22. The molecule has 0 aliphatic rings. The summed E-state index contributed by atoms with van der Waals surface area (Å²) in [7, 11) is 1.22. The van der Waals surface area contributed by atoms with Crippen LogP contribution in [0.1, 0.15) is 13.3 Å². The lowest BCUT2D eigenvalue weighted by Crippen LogP contribution is -2.30. The molecule has 0 N–H and O–H groups in total. The highest BCUT2D eigenvalue weighted by molar-refractivity contribution is 7.82. The number of methoxy groups -OCH3 is 1. The number of ether oxygens (including phenoxy) is 1. The first-order valence-corrected chi connectivity index (χ1v) is 3.42. The van der Waals surface area contributed by atoms with Crippen LogP contribution in [0.25, 0.3) is 10.4 Å². The van der Waals surface area contributed by atoms with E-state index in [-0.39, 0.29) is 0 Å². The molecule has 1 atom stereocenters. The third-order valence-corrected chi connectivity index (χ3v) is 1.80. The van der Waals surface area contributed by atoms with Crippen LogP contribution >= 0.6 is 12.6 Å². The minimum absolute atomic E-state index is 0.298. The second kappa shape index (κ2) is 4.10. The molecule has 0 saturated heterocycles. The quantitative estimate of drug-likeness (QED) is 0.232. The van der Waals surface area contributed by atoms with Gasteiger partial charge in [-0.1, -0.05) is 12.0 Å². The number of azide groups is 1. The van der Waals surface area contributed by atoms with Gasteiger partial charge in [-0.05, 0) is 12.0 Å². The molecule has 0 amide bonds. The highest BCUT2D eigenvalue weighted by atomic mass is 32.1. The minimum atomic E-state index is -1.36. The molecular weight excluding hydrogens is 166 g/mol. The summed E-state index contributed by atoms with van der Waals surface area (Å²) in [6, 6.07) is 0. The lowest BCUT2D eigenvalue weighted by Gasteiger charge is -2.16. The van der Waals surface area contributed by atoms with Crippen molar-refractivity contribution in [2.75, 3.05) is 7.11 Å². The number of carbonyl (C=O) groups excluding carboxylic acids is 1. The van der Waals surface area contributed by atoms with Gasteiger partial charge in [0.25, 0.3) is 0 Å². The molecule has 0 aromatic rings. The Morgan fingerprint density at radius 2 is 2.45 bits per heavy atom. The van der Waals surface area contributed by atoms with E-state index in [1.807, 2.05) is 0 Å². The van der Waals surface area contributed by atoms with Crippen LogP contribution < -0.4 is 0 Å². The van der Waals surface area contributed by atoms with Crippen LogP contribution in [-0.2, 0) is 9.53 Å². The largest absolute Gasteiger partial charge is 0.468 e. The van der Waals surface area contributed by atoms with Crippen LogP contribution in [0.4, 0.5) is 0 Å². The van der Waals surface area contributed by atoms with Gasteiger partial charge in [-0.2, -0.15) is 12.6 Å². The van der Waals surface area contributed by atoms with Gasteiger partial charge < -0.3 is 4.74 Å². The summed E-state index contributed by atoms with van der Waals surface area (Å²) >= 11 is 3.88. The lowest BCUT2D eigenvalue weighted by atomic mass is 10.2. The second-order valence-corrected chi connectivity index (χ2v) is 2.59. The molecule has 0 aromatic carbocycles. The summed E-state index contributed by atoms with van der Waals surface area (Å²) in [4.78, 5) is 12.0. The summed E-state index contributed by atoms with van der Waals surface area (Å²) in [6.07, 6.45) is 0.298. The Balaban J connectivity index is 4.58. The molecule has 1 unspecified atom stereocenters. The van der Waals surface area contributed by atoms with E-state index < -0.39 is 10.8 Å². The summed E-state index contributed by atoms with van der Waals surface area (Å²) in [5.74, 6) is -0.638. The zero-order valence-corrected chi connectivity index (χ0v) is 7.21. The molecule has 11 heavy (non-hydrogen) atoms. The highest BCUT2D eigenvalue weighted by Gasteiger charge is 2.32. The number of hydrogen-bond donors (Lipinski definition) is 1. The lowest BCUT2D eigenvalue weighted by molar-refractivity contribution is -0.143. The molecule has 0 aromatic heterocycles. The molecule has 0 heterocycles. The normalized spacial score (nSPS) is 14.5. The molecule has 0 fully saturated rings. The smallest absolute Gasteiger partial charge is 0.327 e. The van der Waals surface area contributed by atoms with Crippen LogP contribution in [0.2, 0.25) is 0 Å². The van der Waals surface area contributed by atoms with E-state index >= 15 is 0 Å². The van der Waals surface area contributed by atoms with Gasteiger partial charge in [0.2, 0.25) is 0 Å². The van der Waals surface area contributed by atoms with Gasteiger partial charge in [0.15, 0.2) is 4.87 Å². The molecule has 0 aliphatic heterocycles. The van der Waals surface area contributed by atoms with Crippen molar-refractivity contribution in [1.29, 1.82) is 0 Å². The van der Waals surface area contributed by atoms with Gasteiger partial charge in [-0.25, -0.2) is 0 Å². The molecular formula is C5H9N3O2S. The number of carbonyl (C=O) groups is 1. The van der Waals surface area contributed by atoms with Crippen LogP contribution in [0, 0.1) is 0 Å². The molecule has 0 bridgehead atoms. The van der Waals surface area contributed by atoms with E-state index in [9.17, 15) is 4.79 Å². The fourth-order valence-electron chi connectivity index (χ4n) is 0.493. The molecule has 0 aliphatic carbocycles. The van der Waals surface area contributed by atoms with Crippen molar-refractivity contribution >= 4 is 18.6 Å². The predicted molar refractivity (Wildman–Crippen MR) is 43.2 cm³/mol. The van der Waals surface area contributed by atoms with Crippen LogP contribution in [0.3, 0.4) is 0 Å².